The summed E-state index contributed by atoms with van der Waals surface area (Å²) in [6.07, 6.45) is 6.34. The highest BCUT2D eigenvalue weighted by Crippen LogP contribution is 2.39. The lowest BCUT2D eigenvalue weighted by atomic mass is 10.0. The van der Waals surface area contributed by atoms with Gasteiger partial charge in [0.25, 0.3) is 0 Å². The molecule has 256 valence electrons. The number of hydrogen-bond acceptors (Lipinski definition) is 9. The molecular formula is C33H51N5O7S. The van der Waals surface area contributed by atoms with E-state index in [1.54, 1.807) is 24.3 Å². The van der Waals surface area contributed by atoms with Crippen LogP contribution in [0.15, 0.2) is 53.4 Å². The Labute approximate surface area is 273 Å². The van der Waals surface area contributed by atoms with Crippen molar-refractivity contribution >= 4 is 16.1 Å². The van der Waals surface area contributed by atoms with Crippen molar-refractivity contribution in [1.82, 2.24) is 20.3 Å². The van der Waals surface area contributed by atoms with Crippen LogP contribution in [0.25, 0.3) is 0 Å². The van der Waals surface area contributed by atoms with Crippen LogP contribution in [0.5, 0.6) is 5.75 Å². The van der Waals surface area contributed by atoms with Gasteiger partial charge < -0.3 is 35.3 Å². The molecule has 4 rings (SSSR count). The molecule has 0 saturated carbocycles. The van der Waals surface area contributed by atoms with E-state index in [1.165, 1.54) is 30.4 Å². The second kappa shape index (κ2) is 19.8. The summed E-state index contributed by atoms with van der Waals surface area (Å²) in [6.45, 7) is 6.07. The van der Waals surface area contributed by atoms with Gasteiger partial charge in [-0.2, -0.15) is 0 Å². The third-order valence-electron chi connectivity index (χ3n) is 8.13. The second-order valence-corrected chi connectivity index (χ2v) is 13.3. The largest absolute Gasteiger partial charge is 0.484 e. The van der Waals surface area contributed by atoms with Crippen molar-refractivity contribution in [3.63, 3.8) is 0 Å². The molecule has 1 aliphatic heterocycles. The van der Waals surface area contributed by atoms with E-state index in [-0.39, 0.29) is 36.2 Å². The molecule has 2 aromatic carbocycles. The van der Waals surface area contributed by atoms with Crippen molar-refractivity contribution in [1.29, 1.82) is 0 Å². The van der Waals surface area contributed by atoms with Crippen molar-refractivity contribution in [2.75, 3.05) is 78.9 Å². The Kier molecular flexibility index (Phi) is 15.5. The van der Waals surface area contributed by atoms with Gasteiger partial charge in [0, 0.05) is 19.6 Å². The van der Waals surface area contributed by atoms with Gasteiger partial charge in [0.05, 0.1) is 50.6 Å². The number of nitrogens with one attached hydrogen (secondary N) is 3. The minimum absolute atomic E-state index is 0.0812. The maximum absolute atomic E-state index is 12.8. The number of nitrogens with two attached hydrogens (primary N) is 1. The molecule has 13 heteroatoms. The average Bonchev–Trinajstić information content (AvgIpc) is 3.44. The average molecular weight is 662 g/mol. The first-order valence-corrected chi connectivity index (χ1v) is 18.0. The molecule has 0 unspecified atom stereocenters. The molecule has 1 saturated heterocycles. The summed E-state index contributed by atoms with van der Waals surface area (Å²) < 4.78 is 51.1. The minimum atomic E-state index is -3.68. The molecule has 0 bridgehead atoms. The fourth-order valence-electron chi connectivity index (χ4n) is 5.74. The Hall–Kier alpha value is -2.78. The molecule has 2 amide bonds. The second-order valence-electron chi connectivity index (χ2n) is 11.5. The maximum Gasteiger partial charge on any atom is 0.314 e. The van der Waals surface area contributed by atoms with Crippen LogP contribution in [0.2, 0.25) is 0 Å². The van der Waals surface area contributed by atoms with Gasteiger partial charge in [-0.3, -0.25) is 4.90 Å². The number of carbonyl (C=O) groups excluding carboxylic acids is 1. The van der Waals surface area contributed by atoms with Crippen LogP contribution in [0, 0.1) is 0 Å². The van der Waals surface area contributed by atoms with Gasteiger partial charge in [-0.1, -0.05) is 30.7 Å². The number of likely N-dealkylation sites (tertiary alicyclic amines) is 1. The summed E-state index contributed by atoms with van der Waals surface area (Å²) in [5, 5.41) is 5.47. The molecule has 1 aliphatic carbocycles. The molecule has 2 aliphatic rings. The summed E-state index contributed by atoms with van der Waals surface area (Å²) in [7, 11) is -3.68. The van der Waals surface area contributed by atoms with E-state index in [1.807, 2.05) is 0 Å². The SMILES string of the molecule is NCCCCNC(=O)NCCOCCOCCOCCNS(=O)(=O)c1ccc(O[C@H]2c3ccccc3C[C@@H]2N2CCCCC2)cc1. The number of ether oxygens (including phenoxy) is 4. The first-order valence-electron chi connectivity index (χ1n) is 16.5. The predicted octanol–water partition coefficient (Wildman–Crippen LogP) is 2.58. The number of sulfonamides is 1. The van der Waals surface area contributed by atoms with Crippen molar-refractivity contribution in [3.05, 3.63) is 59.7 Å². The van der Waals surface area contributed by atoms with E-state index in [2.05, 4.69) is 44.5 Å². The Morgan fingerprint density at radius 2 is 1.46 bits per heavy atom. The molecule has 1 heterocycles. The number of benzene rings is 2. The molecule has 5 N–H and O–H groups in total. The van der Waals surface area contributed by atoms with Crippen molar-refractivity contribution in [2.45, 2.75) is 55.6 Å². The van der Waals surface area contributed by atoms with Crippen LogP contribution >= 0.6 is 0 Å². The van der Waals surface area contributed by atoms with Crippen LogP contribution < -0.4 is 25.8 Å². The highest BCUT2D eigenvalue weighted by Gasteiger charge is 2.38. The molecule has 0 spiro atoms. The number of urea groups is 1. The van der Waals surface area contributed by atoms with Gasteiger partial charge in [-0.05, 0) is 87.1 Å². The number of piperidine rings is 1. The van der Waals surface area contributed by atoms with E-state index in [0.717, 1.165) is 32.4 Å². The molecule has 0 aromatic heterocycles. The predicted molar refractivity (Wildman–Crippen MR) is 177 cm³/mol. The molecule has 0 radical (unpaired) electrons. The molecule has 46 heavy (non-hydrogen) atoms. The lowest BCUT2D eigenvalue weighted by molar-refractivity contribution is 0.0165. The quantitative estimate of drug-likeness (QED) is 0.148. The molecule has 2 atom stereocenters. The van der Waals surface area contributed by atoms with Crippen LogP contribution in [0.1, 0.15) is 49.3 Å². The standard InChI is InChI=1S/C33H51N5O7S/c34-14-4-5-15-35-33(39)36-16-20-42-22-24-44-25-23-43-21-17-37-46(40,41)29-12-10-28(11-13-29)45-32-30-9-3-2-8-27(30)26-31(32)38-18-6-1-7-19-38/h2-3,8-13,31-32,37H,1,4-7,14-26,34H2,(H2,35,36,39)/t31-,32-/m0/s1. The minimum Gasteiger partial charge on any atom is -0.484 e. The number of amides is 2. The number of carbonyl (C=O) groups is 1. The third kappa shape index (κ3) is 11.8. The van der Waals surface area contributed by atoms with Gasteiger partial charge in [-0.25, -0.2) is 17.9 Å². The number of nitrogens with zero attached hydrogens (tertiary/aromatic N) is 1. The summed E-state index contributed by atoms with van der Waals surface area (Å²) in [6, 6.07) is 15.2. The smallest absolute Gasteiger partial charge is 0.314 e. The van der Waals surface area contributed by atoms with Gasteiger partial charge in [-0.15, -0.1) is 0 Å². The van der Waals surface area contributed by atoms with Crippen molar-refractivity contribution in [3.8, 4) is 5.75 Å². The van der Waals surface area contributed by atoms with E-state index in [0.29, 0.717) is 58.4 Å². The Balaban J connectivity index is 1.07. The van der Waals surface area contributed by atoms with Crippen LogP contribution in [0.4, 0.5) is 4.79 Å². The molecular weight excluding hydrogens is 610 g/mol. The first-order chi connectivity index (χ1) is 22.5. The zero-order chi connectivity index (χ0) is 32.5. The van der Waals surface area contributed by atoms with Crippen LogP contribution in [-0.2, 0) is 30.7 Å². The summed E-state index contributed by atoms with van der Waals surface area (Å²) in [5.74, 6) is 0.658. The summed E-state index contributed by atoms with van der Waals surface area (Å²) in [4.78, 5) is 14.3. The van der Waals surface area contributed by atoms with Gasteiger partial charge in [0.2, 0.25) is 10.0 Å². The Morgan fingerprint density at radius 1 is 0.804 bits per heavy atom. The monoisotopic (exact) mass is 661 g/mol. The zero-order valence-corrected chi connectivity index (χ0v) is 27.6. The van der Waals surface area contributed by atoms with E-state index in [4.69, 9.17) is 24.7 Å². The van der Waals surface area contributed by atoms with E-state index >= 15 is 0 Å². The molecule has 2 aromatic rings. The van der Waals surface area contributed by atoms with Crippen LogP contribution in [-0.4, -0.2) is 104 Å². The topological polar surface area (TPSA) is 153 Å². The number of rotatable bonds is 21. The maximum atomic E-state index is 12.8. The summed E-state index contributed by atoms with van der Waals surface area (Å²) in [5.41, 5.74) is 7.96. The number of hydrogen-bond donors (Lipinski definition) is 4. The fraction of sp³-hybridized carbons (Fsp3) is 0.606. The number of fused-ring (bicyclic) bond motifs is 1. The van der Waals surface area contributed by atoms with Crippen LogP contribution in [0.3, 0.4) is 0 Å². The Morgan fingerprint density at radius 3 is 2.17 bits per heavy atom. The third-order valence-corrected chi connectivity index (χ3v) is 9.60. The van der Waals surface area contributed by atoms with Gasteiger partial charge >= 0.3 is 6.03 Å². The molecule has 12 nitrogen and oxygen atoms in total. The normalized spacial score (nSPS) is 18.3. The lowest BCUT2D eigenvalue weighted by Gasteiger charge is -2.35. The molecule has 1 fully saturated rings. The first kappa shape index (κ1) is 36.1. The lowest BCUT2D eigenvalue weighted by Crippen LogP contribution is -2.43. The fourth-order valence-corrected chi connectivity index (χ4v) is 6.75. The van der Waals surface area contributed by atoms with Crippen molar-refractivity contribution in [2.24, 2.45) is 5.73 Å². The highest BCUT2D eigenvalue weighted by molar-refractivity contribution is 7.89. The number of unbranched alkanes of at least 4 members (excludes halogenated alkanes) is 1. The summed E-state index contributed by atoms with van der Waals surface area (Å²) >= 11 is 0. The highest BCUT2D eigenvalue weighted by atomic mass is 32.2. The zero-order valence-electron chi connectivity index (χ0n) is 26.8. The van der Waals surface area contributed by atoms with E-state index in [9.17, 15) is 13.2 Å². The Bertz CT molecular complexity index is 1280. The van der Waals surface area contributed by atoms with Crippen molar-refractivity contribution < 1.29 is 32.2 Å². The van der Waals surface area contributed by atoms with Gasteiger partial charge in [0.1, 0.15) is 11.9 Å². The van der Waals surface area contributed by atoms with Gasteiger partial charge in [0.15, 0.2) is 0 Å². The van der Waals surface area contributed by atoms with E-state index < -0.39 is 10.0 Å².